The van der Waals surface area contributed by atoms with Crippen molar-refractivity contribution < 1.29 is 23.8 Å². The first-order valence-electron chi connectivity index (χ1n) is 12.9. The van der Waals surface area contributed by atoms with Gasteiger partial charge in [0.15, 0.2) is 0 Å². The molecule has 1 aliphatic heterocycles. The number of benzene rings is 3. The van der Waals surface area contributed by atoms with E-state index in [1.807, 2.05) is 43.3 Å². The van der Waals surface area contributed by atoms with Crippen LogP contribution >= 0.6 is 0 Å². The predicted octanol–water partition coefficient (Wildman–Crippen LogP) is 7.03. The lowest BCUT2D eigenvalue weighted by molar-refractivity contribution is -0.137. The topological polar surface area (TPSA) is 59.0 Å². The van der Waals surface area contributed by atoms with Crippen LogP contribution in [0.15, 0.2) is 60.7 Å². The molecule has 196 valence electrons. The first-order chi connectivity index (χ1) is 17.7. The average molecular weight is 506 g/mol. The second kappa shape index (κ2) is 11.8. The van der Waals surface area contributed by atoms with Crippen LogP contribution in [-0.4, -0.2) is 35.2 Å². The number of carboxylic acid groups (broad SMARTS) is 1. The summed E-state index contributed by atoms with van der Waals surface area (Å²) in [6, 6.07) is 19.4. The monoisotopic (exact) mass is 505 g/mol. The fourth-order valence-electron chi connectivity index (χ4n) is 5.18. The second-order valence-electron chi connectivity index (χ2n) is 10.1. The Morgan fingerprint density at radius 3 is 2.49 bits per heavy atom. The van der Waals surface area contributed by atoms with E-state index in [-0.39, 0.29) is 18.2 Å². The van der Waals surface area contributed by atoms with Crippen LogP contribution in [0.4, 0.5) is 4.39 Å². The van der Waals surface area contributed by atoms with Gasteiger partial charge in [-0.25, -0.2) is 4.39 Å². The minimum Gasteiger partial charge on any atom is -0.497 e. The van der Waals surface area contributed by atoms with Crippen molar-refractivity contribution in [1.82, 2.24) is 4.90 Å². The molecule has 5 nitrogen and oxygen atoms in total. The van der Waals surface area contributed by atoms with E-state index in [2.05, 4.69) is 24.8 Å². The molecule has 0 unspecified atom stereocenters. The molecule has 0 bridgehead atoms. The maximum absolute atomic E-state index is 15.0. The van der Waals surface area contributed by atoms with E-state index in [1.165, 1.54) is 6.07 Å². The summed E-state index contributed by atoms with van der Waals surface area (Å²) in [6.07, 6.45) is 2.38. The number of aliphatic carboxylic acids is 1. The second-order valence-corrected chi connectivity index (χ2v) is 10.1. The molecule has 0 amide bonds. The van der Waals surface area contributed by atoms with Crippen molar-refractivity contribution in [2.24, 2.45) is 0 Å². The van der Waals surface area contributed by atoms with E-state index in [0.717, 1.165) is 41.6 Å². The zero-order valence-corrected chi connectivity index (χ0v) is 22.0. The van der Waals surface area contributed by atoms with Gasteiger partial charge in [-0.2, -0.15) is 0 Å². The van der Waals surface area contributed by atoms with Crippen LogP contribution in [0.2, 0.25) is 0 Å². The van der Waals surface area contributed by atoms with Crippen LogP contribution in [0, 0.1) is 5.82 Å². The molecule has 0 spiro atoms. The van der Waals surface area contributed by atoms with Crippen LogP contribution in [0.3, 0.4) is 0 Å². The van der Waals surface area contributed by atoms with Gasteiger partial charge in [0.1, 0.15) is 23.9 Å². The number of ether oxygens (including phenoxy) is 2. The van der Waals surface area contributed by atoms with Gasteiger partial charge in [0, 0.05) is 24.2 Å². The van der Waals surface area contributed by atoms with Gasteiger partial charge < -0.3 is 14.6 Å². The third-order valence-electron chi connectivity index (χ3n) is 7.43. The predicted molar refractivity (Wildman–Crippen MR) is 144 cm³/mol. The zero-order valence-electron chi connectivity index (χ0n) is 22.0. The maximum Gasteiger partial charge on any atom is 0.303 e. The van der Waals surface area contributed by atoms with Crippen molar-refractivity contribution in [1.29, 1.82) is 0 Å². The van der Waals surface area contributed by atoms with Crippen molar-refractivity contribution in [3.63, 3.8) is 0 Å². The minimum absolute atomic E-state index is 0.0719. The lowest BCUT2D eigenvalue weighted by Crippen LogP contribution is -2.32. The summed E-state index contributed by atoms with van der Waals surface area (Å²) in [5.41, 5.74) is 4.36. The number of methoxy groups -OCH3 is 1. The van der Waals surface area contributed by atoms with E-state index in [4.69, 9.17) is 14.6 Å². The van der Waals surface area contributed by atoms with Gasteiger partial charge in [0.25, 0.3) is 0 Å². The molecule has 3 atom stereocenters. The van der Waals surface area contributed by atoms with E-state index < -0.39 is 5.97 Å². The molecule has 1 saturated heterocycles. The highest BCUT2D eigenvalue weighted by Gasteiger charge is 2.28. The van der Waals surface area contributed by atoms with Crippen molar-refractivity contribution in [3.05, 3.63) is 83.2 Å². The summed E-state index contributed by atoms with van der Waals surface area (Å²) in [5.74, 6) is 0.117. The number of carboxylic acids is 1. The fraction of sp³-hybridized carbons (Fsp3) is 0.387. The van der Waals surface area contributed by atoms with Crippen LogP contribution < -0.4 is 9.47 Å². The molecule has 0 aliphatic carbocycles. The first kappa shape index (κ1) is 26.7. The van der Waals surface area contributed by atoms with Crippen molar-refractivity contribution in [2.75, 3.05) is 7.11 Å². The Balaban J connectivity index is 1.61. The molecule has 1 heterocycles. The SMILES string of the molecule is COc1ccc(F)c(-c2ccc(COc3cccc([C@H](C)CC(=O)O)c3)cc2CN2[C@H](C)CC[C@H]2C)c1. The van der Waals surface area contributed by atoms with Gasteiger partial charge in [0.2, 0.25) is 0 Å². The number of rotatable bonds is 10. The van der Waals surface area contributed by atoms with Crippen molar-refractivity contribution >= 4 is 5.97 Å². The number of likely N-dealkylation sites (tertiary alicyclic amines) is 1. The largest absolute Gasteiger partial charge is 0.497 e. The average Bonchev–Trinajstić information content (AvgIpc) is 3.20. The Labute approximate surface area is 218 Å². The molecular formula is C31H36FNO4. The molecule has 6 heteroatoms. The highest BCUT2D eigenvalue weighted by Crippen LogP contribution is 2.34. The number of hydrogen-bond acceptors (Lipinski definition) is 4. The van der Waals surface area contributed by atoms with E-state index in [0.29, 0.717) is 35.8 Å². The molecule has 37 heavy (non-hydrogen) atoms. The molecule has 1 fully saturated rings. The molecule has 3 aromatic carbocycles. The van der Waals surface area contributed by atoms with Crippen molar-refractivity contribution in [2.45, 2.75) is 71.2 Å². The molecule has 0 saturated carbocycles. The number of carbonyl (C=O) groups is 1. The number of hydrogen-bond donors (Lipinski definition) is 1. The quantitative estimate of drug-likeness (QED) is 0.321. The number of halogens is 1. The molecule has 1 aliphatic rings. The van der Waals surface area contributed by atoms with Crippen LogP contribution in [0.1, 0.15) is 62.6 Å². The Morgan fingerprint density at radius 1 is 1.03 bits per heavy atom. The Morgan fingerprint density at radius 2 is 1.78 bits per heavy atom. The summed E-state index contributed by atoms with van der Waals surface area (Å²) >= 11 is 0. The van der Waals surface area contributed by atoms with E-state index >= 15 is 0 Å². The highest BCUT2D eigenvalue weighted by molar-refractivity contribution is 5.70. The zero-order chi connectivity index (χ0) is 26.5. The van der Waals surface area contributed by atoms with Crippen molar-refractivity contribution in [3.8, 4) is 22.6 Å². The Kier molecular flexibility index (Phi) is 8.49. The Hall–Kier alpha value is -3.38. The molecule has 0 aromatic heterocycles. The normalized spacial score (nSPS) is 18.5. The molecule has 4 rings (SSSR count). The van der Waals surface area contributed by atoms with E-state index in [9.17, 15) is 9.18 Å². The first-order valence-corrected chi connectivity index (χ1v) is 12.9. The maximum atomic E-state index is 15.0. The fourth-order valence-corrected chi connectivity index (χ4v) is 5.18. The molecular weight excluding hydrogens is 469 g/mol. The number of nitrogens with zero attached hydrogens (tertiary/aromatic N) is 1. The van der Waals surface area contributed by atoms with Gasteiger partial charge in [-0.1, -0.05) is 37.3 Å². The standard InChI is InChI=1S/C31H36FNO4/c1-20(14-31(34)35)24-6-5-7-27(16-24)37-19-23-10-12-28(29-17-26(36-4)11-13-30(29)32)25(15-23)18-33-21(2)8-9-22(33)3/h5-7,10-13,15-17,20-22H,8-9,14,18-19H2,1-4H3,(H,34,35)/t20-,21-,22-/m1/s1. The molecule has 3 aromatic rings. The smallest absolute Gasteiger partial charge is 0.303 e. The lowest BCUT2D eigenvalue weighted by Gasteiger charge is -2.27. The Bertz CT molecular complexity index is 1230. The lowest BCUT2D eigenvalue weighted by atomic mass is 9.96. The van der Waals surface area contributed by atoms with Crippen LogP contribution in [0.5, 0.6) is 11.5 Å². The van der Waals surface area contributed by atoms with Gasteiger partial charge in [-0.3, -0.25) is 9.69 Å². The molecule has 0 radical (unpaired) electrons. The minimum atomic E-state index is -0.819. The molecule has 1 N–H and O–H groups in total. The van der Waals surface area contributed by atoms with Crippen LogP contribution in [-0.2, 0) is 17.9 Å². The summed E-state index contributed by atoms with van der Waals surface area (Å²) in [7, 11) is 1.59. The van der Waals surface area contributed by atoms with Gasteiger partial charge in [-0.05, 0) is 85.2 Å². The summed E-state index contributed by atoms with van der Waals surface area (Å²) < 4.78 is 26.4. The summed E-state index contributed by atoms with van der Waals surface area (Å²) in [6.45, 7) is 7.48. The van der Waals surface area contributed by atoms with E-state index in [1.54, 1.807) is 19.2 Å². The summed E-state index contributed by atoms with van der Waals surface area (Å²) in [4.78, 5) is 13.6. The third kappa shape index (κ3) is 6.50. The van der Waals surface area contributed by atoms with Crippen LogP contribution in [0.25, 0.3) is 11.1 Å². The third-order valence-corrected chi connectivity index (χ3v) is 7.43. The highest BCUT2D eigenvalue weighted by atomic mass is 19.1. The van der Waals surface area contributed by atoms with Gasteiger partial charge in [-0.15, -0.1) is 0 Å². The summed E-state index contributed by atoms with van der Waals surface area (Å²) in [5, 5.41) is 9.11. The van der Waals surface area contributed by atoms with Gasteiger partial charge in [0.05, 0.1) is 13.5 Å². The van der Waals surface area contributed by atoms with Gasteiger partial charge >= 0.3 is 5.97 Å².